The predicted octanol–water partition coefficient (Wildman–Crippen LogP) is 5.19. The number of hydrogen-bond donors (Lipinski definition) is 3. The van der Waals surface area contributed by atoms with Crippen molar-refractivity contribution in [2.24, 2.45) is 0 Å². The van der Waals surface area contributed by atoms with Crippen molar-refractivity contribution in [3.05, 3.63) is 65.5 Å². The molecule has 0 atom stereocenters. The van der Waals surface area contributed by atoms with Crippen LogP contribution in [0.3, 0.4) is 0 Å². The van der Waals surface area contributed by atoms with Crippen LogP contribution in [0.25, 0.3) is 21.9 Å². The van der Waals surface area contributed by atoms with Gasteiger partial charge in [-0.2, -0.15) is 5.26 Å². The minimum Gasteiger partial charge on any atom is -0.451 e. The molecule has 1 aliphatic heterocycles. The van der Waals surface area contributed by atoms with E-state index in [1.165, 1.54) is 5.56 Å². The number of aromatic amines is 1. The Morgan fingerprint density at radius 1 is 1.02 bits per heavy atom. The fourth-order valence-electron chi connectivity index (χ4n) is 5.42. The van der Waals surface area contributed by atoms with E-state index in [1.54, 1.807) is 26.8 Å². The zero-order chi connectivity index (χ0) is 30.4. The van der Waals surface area contributed by atoms with Crippen LogP contribution in [-0.2, 0) is 11.2 Å². The number of H-pyrrole nitrogens is 1. The lowest BCUT2D eigenvalue weighted by atomic mass is 10.1. The molecule has 0 spiro atoms. The highest BCUT2D eigenvalue weighted by Crippen LogP contribution is 2.26. The summed E-state index contributed by atoms with van der Waals surface area (Å²) in [5.74, 6) is -0.0821. The Bertz CT molecular complexity index is 1620. The van der Waals surface area contributed by atoms with Gasteiger partial charge in [-0.25, -0.2) is 4.79 Å². The largest absolute Gasteiger partial charge is 0.451 e. The Morgan fingerprint density at radius 3 is 2.58 bits per heavy atom. The van der Waals surface area contributed by atoms with Crippen LogP contribution in [0.15, 0.2) is 53.1 Å². The number of benzene rings is 2. The van der Waals surface area contributed by atoms with Crippen molar-refractivity contribution in [1.82, 2.24) is 20.5 Å². The van der Waals surface area contributed by atoms with Crippen molar-refractivity contribution in [2.45, 2.75) is 45.6 Å². The number of piperazine rings is 1. The highest BCUT2D eigenvalue weighted by atomic mass is 16.6. The first-order chi connectivity index (χ1) is 20.7. The molecule has 10 heteroatoms. The molecule has 2 amide bonds. The van der Waals surface area contributed by atoms with Crippen LogP contribution in [0.1, 0.15) is 55.3 Å². The second-order valence-corrected chi connectivity index (χ2v) is 12.0. The molecule has 1 saturated heterocycles. The number of unbranched alkanes of at least 4 members (excludes halogenated alkanes) is 1. The molecule has 3 heterocycles. The van der Waals surface area contributed by atoms with Gasteiger partial charge in [-0.15, -0.1) is 0 Å². The number of fused-ring (bicyclic) bond motifs is 2. The van der Waals surface area contributed by atoms with Gasteiger partial charge in [0.15, 0.2) is 5.76 Å². The van der Waals surface area contributed by atoms with Gasteiger partial charge in [0.1, 0.15) is 11.2 Å². The van der Waals surface area contributed by atoms with Crippen LogP contribution in [0.5, 0.6) is 0 Å². The number of carbonyl (C=O) groups is 2. The summed E-state index contributed by atoms with van der Waals surface area (Å²) in [6.07, 6.45) is 4.80. The van der Waals surface area contributed by atoms with Crippen molar-refractivity contribution < 1.29 is 18.7 Å². The molecular formula is C33H40N6O4. The molecule has 5 rings (SSSR count). The number of nitrogens with one attached hydrogen (secondary N) is 3. The molecule has 2 aromatic heterocycles. The maximum atomic E-state index is 12.6. The summed E-state index contributed by atoms with van der Waals surface area (Å²) in [6.45, 7) is 10.9. The number of carbonyl (C=O) groups excluding carboxylic acids is 2. The normalized spacial score (nSPS) is 14.1. The zero-order valence-corrected chi connectivity index (χ0v) is 25.2. The number of anilines is 1. The summed E-state index contributed by atoms with van der Waals surface area (Å²) in [7, 11) is 0. The van der Waals surface area contributed by atoms with Gasteiger partial charge in [0.2, 0.25) is 0 Å². The molecule has 0 saturated carbocycles. The van der Waals surface area contributed by atoms with Gasteiger partial charge < -0.3 is 29.7 Å². The summed E-state index contributed by atoms with van der Waals surface area (Å²) in [4.78, 5) is 32.6. The fourth-order valence-corrected chi connectivity index (χ4v) is 5.42. The number of aryl methyl sites for hydroxylation is 1. The maximum Gasteiger partial charge on any atom is 0.407 e. The minimum absolute atomic E-state index is 0.243. The first-order valence-corrected chi connectivity index (χ1v) is 14.9. The average molecular weight is 585 g/mol. The molecule has 1 fully saturated rings. The van der Waals surface area contributed by atoms with Crippen molar-refractivity contribution in [3.8, 4) is 6.07 Å². The van der Waals surface area contributed by atoms with E-state index < -0.39 is 11.7 Å². The molecule has 10 nitrogen and oxygen atoms in total. The van der Waals surface area contributed by atoms with Crippen LogP contribution in [0, 0.1) is 11.3 Å². The van der Waals surface area contributed by atoms with Crippen molar-refractivity contribution >= 4 is 39.6 Å². The van der Waals surface area contributed by atoms with E-state index in [9.17, 15) is 14.9 Å². The summed E-state index contributed by atoms with van der Waals surface area (Å²) >= 11 is 0. The van der Waals surface area contributed by atoms with Crippen LogP contribution < -0.4 is 15.5 Å². The first kappa shape index (κ1) is 30.0. The molecule has 226 valence electrons. The Balaban J connectivity index is 1.04. The lowest BCUT2D eigenvalue weighted by Gasteiger charge is -2.36. The lowest BCUT2D eigenvalue weighted by molar-refractivity contribution is 0.0526. The predicted molar refractivity (Wildman–Crippen MR) is 167 cm³/mol. The van der Waals surface area contributed by atoms with E-state index in [0.29, 0.717) is 11.1 Å². The molecular weight excluding hydrogens is 544 g/mol. The van der Waals surface area contributed by atoms with Crippen LogP contribution in [0.4, 0.5) is 10.5 Å². The Labute approximate surface area is 252 Å². The molecule has 0 radical (unpaired) electrons. The Kier molecular flexibility index (Phi) is 9.22. The molecule has 4 aromatic rings. The van der Waals surface area contributed by atoms with Crippen LogP contribution in [0.2, 0.25) is 0 Å². The van der Waals surface area contributed by atoms with Gasteiger partial charge in [-0.1, -0.05) is 0 Å². The van der Waals surface area contributed by atoms with Gasteiger partial charge in [-0.3, -0.25) is 9.69 Å². The van der Waals surface area contributed by atoms with Gasteiger partial charge in [0, 0.05) is 67.4 Å². The molecule has 2 aromatic carbocycles. The lowest BCUT2D eigenvalue weighted by Crippen LogP contribution is -2.46. The molecule has 1 aliphatic rings. The minimum atomic E-state index is -0.570. The summed E-state index contributed by atoms with van der Waals surface area (Å²) in [5.41, 5.74) is 4.28. The second-order valence-electron chi connectivity index (χ2n) is 12.0. The molecule has 0 unspecified atom stereocenters. The summed E-state index contributed by atoms with van der Waals surface area (Å²) < 4.78 is 11.0. The fraction of sp³-hybridized carbons (Fsp3) is 0.424. The smallest absolute Gasteiger partial charge is 0.407 e. The van der Waals surface area contributed by atoms with Gasteiger partial charge in [0.05, 0.1) is 11.6 Å². The summed E-state index contributed by atoms with van der Waals surface area (Å²) in [5, 5.41) is 16.6. The van der Waals surface area contributed by atoms with E-state index in [2.05, 4.69) is 43.7 Å². The van der Waals surface area contributed by atoms with E-state index in [1.807, 2.05) is 30.3 Å². The van der Waals surface area contributed by atoms with Gasteiger partial charge >= 0.3 is 6.09 Å². The van der Waals surface area contributed by atoms with E-state index in [0.717, 1.165) is 74.0 Å². The highest BCUT2D eigenvalue weighted by Gasteiger charge is 2.19. The van der Waals surface area contributed by atoms with Gasteiger partial charge in [-0.05, 0) is 94.6 Å². The maximum absolute atomic E-state index is 12.6. The SMILES string of the molecule is CC(C)(C)OC(=O)NCCNC(=O)c1cc2cc(N3CCN(CCCCc4c[nH]c5ccc(C#N)cc45)CC3)ccc2o1. The number of alkyl carbamates (subject to hydrolysis) is 1. The molecule has 43 heavy (non-hydrogen) atoms. The number of ether oxygens (including phenoxy) is 1. The molecule has 0 aliphatic carbocycles. The molecule has 0 bridgehead atoms. The number of hydrogen-bond acceptors (Lipinski definition) is 7. The molecule has 3 N–H and O–H groups in total. The van der Waals surface area contributed by atoms with Crippen molar-refractivity contribution in [2.75, 3.05) is 50.7 Å². The van der Waals surface area contributed by atoms with Crippen LogP contribution >= 0.6 is 0 Å². The number of furan rings is 1. The van der Waals surface area contributed by atoms with E-state index >= 15 is 0 Å². The number of aromatic nitrogens is 1. The van der Waals surface area contributed by atoms with Gasteiger partial charge in [0.25, 0.3) is 5.91 Å². The average Bonchev–Trinajstić information content (AvgIpc) is 3.60. The zero-order valence-electron chi connectivity index (χ0n) is 25.2. The van der Waals surface area contributed by atoms with Crippen molar-refractivity contribution in [3.63, 3.8) is 0 Å². The number of amides is 2. The first-order valence-electron chi connectivity index (χ1n) is 14.9. The third kappa shape index (κ3) is 7.87. The van der Waals surface area contributed by atoms with E-state index in [4.69, 9.17) is 9.15 Å². The van der Waals surface area contributed by atoms with Crippen LogP contribution in [-0.4, -0.2) is 73.3 Å². The second kappa shape index (κ2) is 13.2. The third-order valence-corrected chi connectivity index (χ3v) is 7.61. The standard InChI is InChI=1S/C33H40N6O4/c1-33(2,3)43-32(41)36-12-11-35-31(40)30-20-25-19-26(8-10-29(25)42-30)39-16-14-38(15-17-39)13-5-4-6-24-22-37-28-9-7-23(21-34)18-27(24)28/h7-10,18-20,22,37H,4-6,11-17H2,1-3H3,(H,35,40)(H,36,41). The summed E-state index contributed by atoms with van der Waals surface area (Å²) in [6, 6.07) is 15.9. The highest BCUT2D eigenvalue weighted by molar-refractivity contribution is 5.96. The Hall–Kier alpha value is -4.49. The third-order valence-electron chi connectivity index (χ3n) is 7.61. The number of rotatable bonds is 10. The topological polar surface area (TPSA) is 127 Å². The number of nitriles is 1. The number of nitrogens with zero attached hydrogens (tertiary/aromatic N) is 3. The van der Waals surface area contributed by atoms with Crippen molar-refractivity contribution in [1.29, 1.82) is 5.26 Å². The quantitative estimate of drug-likeness (QED) is 0.219. The Morgan fingerprint density at radius 2 is 1.81 bits per heavy atom. The van der Waals surface area contributed by atoms with E-state index in [-0.39, 0.29) is 24.8 Å². The monoisotopic (exact) mass is 584 g/mol.